The first-order chi connectivity index (χ1) is 9.17. The number of nitrogen functional groups attached to an aromatic ring is 1. The number of nitrogens with one attached hydrogen (secondary N) is 1. The Morgan fingerprint density at radius 3 is 2.95 bits per heavy atom. The normalized spacial score (nSPS) is 10.8. The van der Waals surface area contributed by atoms with Gasteiger partial charge in [-0.25, -0.2) is 0 Å². The maximum Gasteiger partial charge on any atom is 0.256 e. The van der Waals surface area contributed by atoms with E-state index < -0.39 is 0 Å². The third kappa shape index (κ3) is 2.71. The van der Waals surface area contributed by atoms with Crippen LogP contribution in [0.25, 0.3) is 10.9 Å². The van der Waals surface area contributed by atoms with Gasteiger partial charge in [0.15, 0.2) is 0 Å². The molecule has 0 aliphatic rings. The molecule has 0 atom stereocenters. The van der Waals surface area contributed by atoms with Crippen LogP contribution in [0.15, 0.2) is 24.4 Å². The predicted octanol–water partition coefficient (Wildman–Crippen LogP) is 1.86. The number of carbonyl (C=O) groups excluding carboxylic acids is 1. The number of rotatable bonds is 5. The summed E-state index contributed by atoms with van der Waals surface area (Å²) in [6.07, 6.45) is 1.74. The van der Waals surface area contributed by atoms with E-state index in [9.17, 15) is 4.79 Å². The molecule has 3 N–H and O–H groups in total. The number of aromatic amines is 1. The van der Waals surface area contributed by atoms with Gasteiger partial charge in [-0.3, -0.25) is 4.79 Å². The third-order valence-corrected chi connectivity index (χ3v) is 3.17. The van der Waals surface area contributed by atoms with Crippen molar-refractivity contribution < 1.29 is 9.53 Å². The summed E-state index contributed by atoms with van der Waals surface area (Å²) in [5, 5.41) is 0.862. The summed E-state index contributed by atoms with van der Waals surface area (Å²) in [6.45, 7) is 3.72. The van der Waals surface area contributed by atoms with E-state index in [1.54, 1.807) is 18.2 Å². The van der Waals surface area contributed by atoms with Gasteiger partial charge in [-0.2, -0.15) is 0 Å². The smallest absolute Gasteiger partial charge is 0.256 e. The molecule has 5 heteroatoms. The average molecular weight is 261 g/mol. The SMILES string of the molecule is CCN(CCOC)C(=O)c1c[nH]c2ccc(N)cc12. The fourth-order valence-electron chi connectivity index (χ4n) is 2.09. The molecule has 1 aromatic carbocycles. The predicted molar refractivity (Wildman–Crippen MR) is 76.2 cm³/mol. The number of aromatic nitrogens is 1. The highest BCUT2D eigenvalue weighted by atomic mass is 16.5. The van der Waals surface area contributed by atoms with Crippen molar-refractivity contribution in [2.75, 3.05) is 32.5 Å². The van der Waals surface area contributed by atoms with Crippen molar-refractivity contribution in [2.45, 2.75) is 6.92 Å². The molecule has 0 radical (unpaired) electrons. The molecule has 1 amide bonds. The molecule has 5 nitrogen and oxygen atoms in total. The molecule has 0 aliphatic carbocycles. The molecule has 0 bridgehead atoms. The first-order valence-electron chi connectivity index (χ1n) is 6.32. The van der Waals surface area contributed by atoms with Gasteiger partial charge < -0.3 is 20.4 Å². The quantitative estimate of drug-likeness (QED) is 0.807. The zero-order valence-corrected chi connectivity index (χ0v) is 11.3. The van der Waals surface area contributed by atoms with E-state index in [2.05, 4.69) is 4.98 Å². The maximum atomic E-state index is 12.5. The molecule has 0 saturated carbocycles. The molecule has 1 aromatic heterocycles. The second kappa shape index (κ2) is 5.75. The van der Waals surface area contributed by atoms with Crippen LogP contribution in [0.1, 0.15) is 17.3 Å². The van der Waals surface area contributed by atoms with Crippen molar-refractivity contribution in [3.63, 3.8) is 0 Å². The van der Waals surface area contributed by atoms with E-state index >= 15 is 0 Å². The molecule has 0 saturated heterocycles. The number of ether oxygens (including phenoxy) is 1. The van der Waals surface area contributed by atoms with Gasteiger partial charge in [0, 0.05) is 43.0 Å². The van der Waals surface area contributed by atoms with Crippen molar-refractivity contribution in [1.29, 1.82) is 0 Å². The van der Waals surface area contributed by atoms with Gasteiger partial charge in [0.25, 0.3) is 5.91 Å². The number of hydrogen-bond donors (Lipinski definition) is 2. The minimum atomic E-state index is -0.00333. The Hall–Kier alpha value is -2.01. The number of benzene rings is 1. The van der Waals surface area contributed by atoms with Crippen LogP contribution < -0.4 is 5.73 Å². The summed E-state index contributed by atoms with van der Waals surface area (Å²) in [5.74, 6) is -0.00333. The topological polar surface area (TPSA) is 71.3 Å². The molecule has 0 fully saturated rings. The lowest BCUT2D eigenvalue weighted by molar-refractivity contribution is 0.0708. The lowest BCUT2D eigenvalue weighted by Gasteiger charge is -2.20. The number of anilines is 1. The second-order valence-electron chi connectivity index (χ2n) is 4.38. The van der Waals surface area contributed by atoms with Crippen LogP contribution in [0, 0.1) is 0 Å². The summed E-state index contributed by atoms with van der Waals surface area (Å²) in [6, 6.07) is 5.52. The number of nitrogens with two attached hydrogens (primary N) is 1. The molecule has 1 heterocycles. The molecular weight excluding hydrogens is 242 g/mol. The lowest BCUT2D eigenvalue weighted by atomic mass is 10.1. The third-order valence-electron chi connectivity index (χ3n) is 3.17. The Kier molecular flexibility index (Phi) is 4.06. The molecular formula is C14H19N3O2. The van der Waals surface area contributed by atoms with Crippen molar-refractivity contribution in [3.8, 4) is 0 Å². The number of hydrogen-bond acceptors (Lipinski definition) is 3. The fourth-order valence-corrected chi connectivity index (χ4v) is 2.09. The van der Waals surface area contributed by atoms with E-state index in [1.165, 1.54) is 0 Å². The number of methoxy groups -OCH3 is 1. The minimum Gasteiger partial charge on any atom is -0.399 e. The molecule has 2 aromatic rings. The largest absolute Gasteiger partial charge is 0.399 e. The zero-order valence-electron chi connectivity index (χ0n) is 11.3. The number of likely N-dealkylation sites (N-methyl/N-ethyl adjacent to an activating group) is 1. The van der Waals surface area contributed by atoms with Gasteiger partial charge in [0.1, 0.15) is 0 Å². The van der Waals surface area contributed by atoms with Gasteiger partial charge in [0.05, 0.1) is 12.2 Å². The Balaban J connectivity index is 2.32. The van der Waals surface area contributed by atoms with E-state index in [1.807, 2.05) is 25.1 Å². The van der Waals surface area contributed by atoms with Crippen molar-refractivity contribution in [2.24, 2.45) is 0 Å². The van der Waals surface area contributed by atoms with Gasteiger partial charge in [-0.1, -0.05) is 0 Å². The first-order valence-corrected chi connectivity index (χ1v) is 6.32. The summed E-state index contributed by atoms with van der Waals surface area (Å²) in [5.41, 5.74) is 8.01. The number of fused-ring (bicyclic) bond motifs is 1. The monoisotopic (exact) mass is 261 g/mol. The number of amides is 1. The second-order valence-corrected chi connectivity index (χ2v) is 4.38. The van der Waals surface area contributed by atoms with Gasteiger partial charge in [-0.15, -0.1) is 0 Å². The molecule has 2 rings (SSSR count). The van der Waals surface area contributed by atoms with Crippen LogP contribution in [-0.2, 0) is 4.74 Å². The van der Waals surface area contributed by atoms with E-state index in [0.717, 1.165) is 10.9 Å². The maximum absolute atomic E-state index is 12.5. The minimum absolute atomic E-state index is 0.00333. The average Bonchev–Trinajstić information content (AvgIpc) is 2.82. The number of H-pyrrole nitrogens is 1. The van der Waals surface area contributed by atoms with E-state index in [0.29, 0.717) is 30.9 Å². The Bertz CT molecular complexity index is 577. The summed E-state index contributed by atoms with van der Waals surface area (Å²) < 4.78 is 5.03. The van der Waals surface area contributed by atoms with Gasteiger partial charge >= 0.3 is 0 Å². The standard InChI is InChI=1S/C14H19N3O2/c1-3-17(6-7-19-2)14(18)12-9-16-13-5-4-10(15)8-11(12)13/h4-5,8-9,16H,3,6-7,15H2,1-2H3. The highest BCUT2D eigenvalue weighted by Gasteiger charge is 2.17. The Morgan fingerprint density at radius 1 is 1.47 bits per heavy atom. The van der Waals surface area contributed by atoms with Crippen LogP contribution in [0.4, 0.5) is 5.69 Å². The van der Waals surface area contributed by atoms with Crippen LogP contribution in [0.2, 0.25) is 0 Å². The van der Waals surface area contributed by atoms with Crippen molar-refractivity contribution >= 4 is 22.5 Å². The molecule has 0 spiro atoms. The first kappa shape index (κ1) is 13.4. The molecule has 102 valence electrons. The number of carbonyl (C=O) groups is 1. The number of nitrogens with zero attached hydrogens (tertiary/aromatic N) is 1. The Morgan fingerprint density at radius 2 is 2.26 bits per heavy atom. The zero-order chi connectivity index (χ0) is 13.8. The van der Waals surface area contributed by atoms with Crippen molar-refractivity contribution in [1.82, 2.24) is 9.88 Å². The van der Waals surface area contributed by atoms with Crippen LogP contribution in [-0.4, -0.2) is 42.6 Å². The fraction of sp³-hybridized carbons (Fsp3) is 0.357. The van der Waals surface area contributed by atoms with Crippen LogP contribution in [0.3, 0.4) is 0 Å². The molecule has 0 unspecified atom stereocenters. The lowest BCUT2D eigenvalue weighted by Crippen LogP contribution is -2.33. The summed E-state index contributed by atoms with van der Waals surface area (Å²) in [7, 11) is 1.63. The Labute approximate surface area is 112 Å². The van der Waals surface area contributed by atoms with Crippen LogP contribution >= 0.6 is 0 Å². The van der Waals surface area contributed by atoms with E-state index in [4.69, 9.17) is 10.5 Å². The van der Waals surface area contributed by atoms with E-state index in [-0.39, 0.29) is 5.91 Å². The highest BCUT2D eigenvalue weighted by Crippen LogP contribution is 2.22. The summed E-state index contributed by atoms with van der Waals surface area (Å²) in [4.78, 5) is 17.3. The summed E-state index contributed by atoms with van der Waals surface area (Å²) >= 11 is 0. The van der Waals surface area contributed by atoms with Crippen LogP contribution in [0.5, 0.6) is 0 Å². The van der Waals surface area contributed by atoms with Gasteiger partial charge in [-0.05, 0) is 25.1 Å². The molecule has 0 aliphatic heterocycles. The van der Waals surface area contributed by atoms with Gasteiger partial charge in [0.2, 0.25) is 0 Å². The molecule has 19 heavy (non-hydrogen) atoms. The highest BCUT2D eigenvalue weighted by molar-refractivity contribution is 6.07. The van der Waals surface area contributed by atoms with Crippen molar-refractivity contribution in [3.05, 3.63) is 30.0 Å².